The predicted octanol–water partition coefficient (Wildman–Crippen LogP) is 2.20. The third-order valence-electron chi connectivity index (χ3n) is 2.09. The van der Waals surface area contributed by atoms with Crippen LogP contribution in [0.5, 0.6) is 0 Å². The number of hydrogen-bond acceptors (Lipinski definition) is 3. The highest BCUT2D eigenvalue weighted by Crippen LogP contribution is 2.30. The van der Waals surface area contributed by atoms with Crippen LogP contribution in [0.2, 0.25) is 0 Å². The molecule has 0 aromatic rings. The Bertz CT molecular complexity index is 178. The van der Waals surface area contributed by atoms with Crippen LogP contribution in [0.1, 0.15) is 26.7 Å². The Labute approximate surface area is 78.3 Å². The molecule has 0 bridgehead atoms. The maximum Gasteiger partial charge on any atom is 0.0666 e. The van der Waals surface area contributed by atoms with E-state index >= 15 is 0 Å². The minimum atomic E-state index is 0.371. The monoisotopic (exact) mass is 185 g/mol. The lowest BCUT2D eigenvalue weighted by molar-refractivity contribution is 0.127. The van der Waals surface area contributed by atoms with E-state index in [0.717, 1.165) is 13.0 Å². The second kappa shape index (κ2) is 4.74. The van der Waals surface area contributed by atoms with Gasteiger partial charge in [0.1, 0.15) is 0 Å². The summed E-state index contributed by atoms with van der Waals surface area (Å²) < 4.78 is 5.44. The van der Waals surface area contributed by atoms with Crippen molar-refractivity contribution in [2.24, 2.45) is 0 Å². The van der Waals surface area contributed by atoms with E-state index in [1.54, 1.807) is 0 Å². The summed E-state index contributed by atoms with van der Waals surface area (Å²) in [7, 11) is 0. The van der Waals surface area contributed by atoms with Crippen molar-refractivity contribution in [1.82, 2.24) is 0 Å². The van der Waals surface area contributed by atoms with Crippen LogP contribution in [0.15, 0.2) is 0 Å². The normalized spacial score (nSPS) is 31.4. The van der Waals surface area contributed by atoms with Gasteiger partial charge in [0.05, 0.1) is 12.2 Å². The largest absolute Gasteiger partial charge is 0.377 e. The molecule has 0 N–H and O–H groups in total. The van der Waals surface area contributed by atoms with E-state index in [1.807, 2.05) is 11.8 Å². The molecule has 2 nitrogen and oxygen atoms in total. The lowest BCUT2D eigenvalue weighted by Gasteiger charge is -2.16. The van der Waals surface area contributed by atoms with Crippen molar-refractivity contribution < 1.29 is 4.74 Å². The summed E-state index contributed by atoms with van der Waals surface area (Å²) >= 11 is 1.89. The number of nitriles is 1. The van der Waals surface area contributed by atoms with Gasteiger partial charge in [0.2, 0.25) is 0 Å². The Morgan fingerprint density at radius 1 is 1.75 bits per heavy atom. The Balaban J connectivity index is 2.26. The van der Waals surface area contributed by atoms with Gasteiger partial charge < -0.3 is 4.74 Å². The minimum Gasteiger partial charge on any atom is -0.377 e. The van der Waals surface area contributed by atoms with Gasteiger partial charge in [0.15, 0.2) is 0 Å². The summed E-state index contributed by atoms with van der Waals surface area (Å²) in [4.78, 5) is 0. The van der Waals surface area contributed by atoms with E-state index in [0.29, 0.717) is 23.0 Å². The average molecular weight is 185 g/mol. The second-order valence-corrected chi connectivity index (χ2v) is 4.89. The fourth-order valence-corrected chi connectivity index (χ4v) is 2.67. The van der Waals surface area contributed by atoms with Gasteiger partial charge in [-0.25, -0.2) is 0 Å². The Morgan fingerprint density at radius 3 is 3.00 bits per heavy atom. The number of ether oxygens (including phenoxy) is 1. The highest BCUT2D eigenvalue weighted by Gasteiger charge is 2.26. The van der Waals surface area contributed by atoms with E-state index < -0.39 is 0 Å². The van der Waals surface area contributed by atoms with Crippen LogP contribution in [0, 0.1) is 11.3 Å². The van der Waals surface area contributed by atoms with Crippen molar-refractivity contribution in [3.8, 4) is 6.07 Å². The smallest absolute Gasteiger partial charge is 0.0666 e. The highest BCUT2D eigenvalue weighted by atomic mass is 32.2. The van der Waals surface area contributed by atoms with Gasteiger partial charge in [0, 0.05) is 23.5 Å². The molecule has 68 valence electrons. The molecule has 0 aromatic carbocycles. The van der Waals surface area contributed by atoms with Crippen LogP contribution in [0.4, 0.5) is 0 Å². The molecule has 3 unspecified atom stereocenters. The summed E-state index contributed by atoms with van der Waals surface area (Å²) in [5, 5.41) is 9.54. The topological polar surface area (TPSA) is 33.0 Å². The summed E-state index contributed by atoms with van der Waals surface area (Å²) in [6, 6.07) is 2.19. The summed E-state index contributed by atoms with van der Waals surface area (Å²) in [5.41, 5.74) is 0. The SMILES string of the molecule is CC(CC#N)SC1CCOC1C. The number of hydrogen-bond donors (Lipinski definition) is 0. The molecule has 1 rings (SSSR count). The van der Waals surface area contributed by atoms with Crippen LogP contribution in [-0.4, -0.2) is 23.2 Å². The average Bonchev–Trinajstić information content (AvgIpc) is 2.37. The Morgan fingerprint density at radius 2 is 2.50 bits per heavy atom. The first-order chi connectivity index (χ1) is 5.74. The molecular weight excluding hydrogens is 170 g/mol. The Hall–Kier alpha value is -0.200. The first-order valence-corrected chi connectivity index (χ1v) is 5.32. The molecule has 0 aromatic heterocycles. The van der Waals surface area contributed by atoms with E-state index in [2.05, 4.69) is 19.9 Å². The number of rotatable bonds is 3. The van der Waals surface area contributed by atoms with E-state index in [4.69, 9.17) is 10.00 Å². The summed E-state index contributed by atoms with van der Waals surface area (Å²) in [5.74, 6) is 0. The van der Waals surface area contributed by atoms with E-state index in [9.17, 15) is 0 Å². The fraction of sp³-hybridized carbons (Fsp3) is 0.889. The molecule has 0 amide bonds. The molecule has 1 fully saturated rings. The van der Waals surface area contributed by atoms with E-state index in [-0.39, 0.29) is 0 Å². The van der Waals surface area contributed by atoms with Crippen molar-refractivity contribution >= 4 is 11.8 Å². The van der Waals surface area contributed by atoms with Crippen molar-refractivity contribution in [2.75, 3.05) is 6.61 Å². The first kappa shape index (κ1) is 9.88. The van der Waals surface area contributed by atoms with Gasteiger partial charge in [-0.2, -0.15) is 17.0 Å². The van der Waals surface area contributed by atoms with Crippen molar-refractivity contribution in [3.63, 3.8) is 0 Å². The van der Waals surface area contributed by atoms with Crippen molar-refractivity contribution in [3.05, 3.63) is 0 Å². The van der Waals surface area contributed by atoms with Crippen molar-refractivity contribution in [1.29, 1.82) is 5.26 Å². The predicted molar refractivity (Wildman–Crippen MR) is 51.1 cm³/mol. The number of nitrogens with zero attached hydrogens (tertiary/aromatic N) is 1. The molecule has 1 aliphatic heterocycles. The van der Waals surface area contributed by atoms with E-state index in [1.165, 1.54) is 0 Å². The molecular formula is C9H15NOS. The second-order valence-electron chi connectivity index (χ2n) is 3.21. The molecule has 1 aliphatic rings. The standard InChI is InChI=1S/C9H15NOS/c1-7(3-5-10)12-9-4-6-11-8(9)2/h7-9H,3-4,6H2,1-2H3. The minimum absolute atomic E-state index is 0.371. The van der Waals surface area contributed by atoms with Gasteiger partial charge in [-0.15, -0.1) is 0 Å². The van der Waals surface area contributed by atoms with Gasteiger partial charge in [-0.1, -0.05) is 6.92 Å². The molecule has 3 atom stereocenters. The molecule has 0 saturated carbocycles. The maximum atomic E-state index is 8.48. The third kappa shape index (κ3) is 2.69. The first-order valence-electron chi connectivity index (χ1n) is 4.38. The van der Waals surface area contributed by atoms with Crippen molar-refractivity contribution in [2.45, 2.75) is 43.3 Å². The molecule has 0 radical (unpaired) electrons. The Kier molecular flexibility index (Phi) is 3.90. The van der Waals surface area contributed by atoms with Gasteiger partial charge in [-0.3, -0.25) is 0 Å². The molecule has 0 aliphatic carbocycles. The van der Waals surface area contributed by atoms with Crippen LogP contribution >= 0.6 is 11.8 Å². The summed E-state index contributed by atoms with van der Waals surface area (Å²) in [6.07, 6.45) is 2.16. The lowest BCUT2D eigenvalue weighted by Crippen LogP contribution is -2.16. The zero-order valence-electron chi connectivity index (χ0n) is 7.62. The molecule has 0 spiro atoms. The number of thioether (sulfide) groups is 1. The quantitative estimate of drug-likeness (QED) is 0.675. The third-order valence-corrected chi connectivity index (χ3v) is 3.69. The maximum absolute atomic E-state index is 8.48. The van der Waals surface area contributed by atoms with Gasteiger partial charge in [0.25, 0.3) is 0 Å². The molecule has 12 heavy (non-hydrogen) atoms. The lowest BCUT2D eigenvalue weighted by atomic mass is 10.3. The van der Waals surface area contributed by atoms with Crippen LogP contribution in [-0.2, 0) is 4.74 Å². The van der Waals surface area contributed by atoms with Crippen LogP contribution in [0.25, 0.3) is 0 Å². The summed E-state index contributed by atoms with van der Waals surface area (Å²) in [6.45, 7) is 5.11. The van der Waals surface area contributed by atoms with Gasteiger partial charge >= 0.3 is 0 Å². The fourth-order valence-electron chi connectivity index (χ4n) is 1.37. The highest BCUT2D eigenvalue weighted by molar-refractivity contribution is 8.00. The van der Waals surface area contributed by atoms with Crippen LogP contribution < -0.4 is 0 Å². The zero-order chi connectivity index (χ0) is 8.97. The van der Waals surface area contributed by atoms with Crippen LogP contribution in [0.3, 0.4) is 0 Å². The molecule has 3 heteroatoms. The zero-order valence-corrected chi connectivity index (χ0v) is 8.43. The molecule has 1 heterocycles. The molecule has 1 saturated heterocycles. The van der Waals surface area contributed by atoms with Gasteiger partial charge in [-0.05, 0) is 13.3 Å².